The maximum absolute atomic E-state index is 13.6. The minimum atomic E-state index is -0.975. The van der Waals surface area contributed by atoms with Crippen LogP contribution in [0.25, 0.3) is 0 Å². The zero-order valence-electron chi connectivity index (χ0n) is 10.5. The van der Waals surface area contributed by atoms with Gasteiger partial charge in [0.1, 0.15) is 5.82 Å². The second kappa shape index (κ2) is 5.05. The number of hydrogen-bond donors (Lipinski definition) is 1. The van der Waals surface area contributed by atoms with Crippen molar-refractivity contribution in [3.05, 3.63) is 71.0 Å². The second-order valence-corrected chi connectivity index (χ2v) is 4.82. The van der Waals surface area contributed by atoms with E-state index in [1.807, 2.05) is 0 Å². The van der Waals surface area contributed by atoms with Crippen molar-refractivity contribution < 1.29 is 13.2 Å². The minimum absolute atomic E-state index is 0.0834. The highest BCUT2D eigenvalue weighted by atomic mass is 19.2. The molecule has 19 heavy (non-hydrogen) atoms. The van der Waals surface area contributed by atoms with Crippen LogP contribution in [0.4, 0.5) is 13.2 Å². The normalized spacial score (nSPS) is 14.2. The molecule has 0 spiro atoms. The summed E-state index contributed by atoms with van der Waals surface area (Å²) >= 11 is 0. The van der Waals surface area contributed by atoms with E-state index in [0.717, 1.165) is 6.07 Å². The fourth-order valence-electron chi connectivity index (χ4n) is 2.03. The summed E-state index contributed by atoms with van der Waals surface area (Å²) in [5.41, 5.74) is 5.84. The first-order chi connectivity index (χ1) is 8.90. The number of rotatable bonds is 3. The van der Waals surface area contributed by atoms with Crippen LogP contribution in [0.2, 0.25) is 0 Å². The van der Waals surface area contributed by atoms with E-state index in [2.05, 4.69) is 0 Å². The summed E-state index contributed by atoms with van der Waals surface area (Å²) in [7, 11) is 0. The molecule has 2 aromatic rings. The monoisotopic (exact) mass is 265 g/mol. The molecule has 0 fully saturated rings. The molecule has 0 aliphatic rings. The van der Waals surface area contributed by atoms with Crippen LogP contribution in [0.15, 0.2) is 42.5 Å². The minimum Gasteiger partial charge on any atom is -0.321 e. The molecule has 1 atom stereocenters. The molecule has 100 valence electrons. The van der Waals surface area contributed by atoms with E-state index in [9.17, 15) is 13.2 Å². The van der Waals surface area contributed by atoms with Crippen LogP contribution in [0.5, 0.6) is 0 Å². The van der Waals surface area contributed by atoms with Gasteiger partial charge in [-0.05, 0) is 42.7 Å². The molecule has 2 rings (SSSR count). The van der Waals surface area contributed by atoms with Gasteiger partial charge >= 0.3 is 0 Å². The maximum Gasteiger partial charge on any atom is 0.162 e. The molecule has 2 N–H and O–H groups in total. The Kier molecular flexibility index (Phi) is 3.62. The highest BCUT2D eigenvalue weighted by Gasteiger charge is 2.24. The summed E-state index contributed by atoms with van der Waals surface area (Å²) in [6.07, 6.45) is 0.0834. The van der Waals surface area contributed by atoms with Crippen molar-refractivity contribution in [1.82, 2.24) is 0 Å². The second-order valence-electron chi connectivity index (χ2n) is 4.82. The van der Waals surface area contributed by atoms with Gasteiger partial charge in [-0.25, -0.2) is 13.2 Å². The van der Waals surface area contributed by atoms with Crippen molar-refractivity contribution >= 4 is 0 Å². The topological polar surface area (TPSA) is 26.0 Å². The Labute approximate surface area is 109 Å². The SMILES string of the molecule is CC(N)(Cc1cccc(F)c1F)c1cccc(F)c1. The van der Waals surface area contributed by atoms with Crippen LogP contribution in [-0.4, -0.2) is 0 Å². The molecule has 0 amide bonds. The Morgan fingerprint density at radius 3 is 2.42 bits per heavy atom. The van der Waals surface area contributed by atoms with Crippen molar-refractivity contribution in [2.24, 2.45) is 5.73 Å². The summed E-state index contributed by atoms with van der Waals surface area (Å²) in [5.74, 6) is -2.22. The van der Waals surface area contributed by atoms with Gasteiger partial charge < -0.3 is 5.73 Å². The molecule has 0 saturated heterocycles. The van der Waals surface area contributed by atoms with Gasteiger partial charge in [0.25, 0.3) is 0 Å². The average molecular weight is 265 g/mol. The Hall–Kier alpha value is -1.81. The Morgan fingerprint density at radius 1 is 1.05 bits per heavy atom. The van der Waals surface area contributed by atoms with Crippen LogP contribution >= 0.6 is 0 Å². The summed E-state index contributed by atoms with van der Waals surface area (Å²) in [4.78, 5) is 0. The number of benzene rings is 2. The summed E-state index contributed by atoms with van der Waals surface area (Å²) < 4.78 is 40.0. The highest BCUT2D eigenvalue weighted by molar-refractivity contribution is 5.29. The Bertz CT molecular complexity index is 594. The largest absolute Gasteiger partial charge is 0.321 e. The third-order valence-corrected chi connectivity index (χ3v) is 3.07. The third-order valence-electron chi connectivity index (χ3n) is 3.07. The van der Waals surface area contributed by atoms with Crippen LogP contribution in [0.3, 0.4) is 0 Å². The van der Waals surface area contributed by atoms with Crippen molar-refractivity contribution in [1.29, 1.82) is 0 Å². The highest BCUT2D eigenvalue weighted by Crippen LogP contribution is 2.25. The molecule has 0 radical (unpaired) electrons. The lowest BCUT2D eigenvalue weighted by molar-refractivity contribution is 0.451. The lowest BCUT2D eigenvalue weighted by atomic mass is 9.86. The van der Waals surface area contributed by atoms with Crippen LogP contribution in [-0.2, 0) is 12.0 Å². The van der Waals surface area contributed by atoms with E-state index in [1.54, 1.807) is 13.0 Å². The standard InChI is InChI=1S/C15H14F3N/c1-15(19,11-5-3-6-12(16)8-11)9-10-4-2-7-13(17)14(10)18/h2-8H,9,19H2,1H3. The van der Waals surface area contributed by atoms with Gasteiger partial charge in [-0.3, -0.25) is 0 Å². The summed E-state index contributed by atoms with van der Waals surface area (Å²) in [6, 6.07) is 9.77. The Morgan fingerprint density at radius 2 is 1.74 bits per heavy atom. The number of nitrogens with two attached hydrogens (primary N) is 1. The molecular weight excluding hydrogens is 251 g/mol. The van der Waals surface area contributed by atoms with Crippen molar-refractivity contribution in [3.63, 3.8) is 0 Å². The van der Waals surface area contributed by atoms with E-state index in [1.165, 1.54) is 30.3 Å². The molecule has 0 aromatic heterocycles. The zero-order valence-corrected chi connectivity index (χ0v) is 10.5. The molecule has 0 saturated carbocycles. The molecular formula is C15H14F3N. The zero-order chi connectivity index (χ0) is 14.0. The van der Waals surface area contributed by atoms with Crippen molar-refractivity contribution in [2.75, 3.05) is 0 Å². The first kappa shape index (κ1) is 13.6. The van der Waals surface area contributed by atoms with Gasteiger partial charge in [-0.2, -0.15) is 0 Å². The van der Waals surface area contributed by atoms with Crippen molar-refractivity contribution in [2.45, 2.75) is 18.9 Å². The lowest BCUT2D eigenvalue weighted by Gasteiger charge is -2.25. The fourth-order valence-corrected chi connectivity index (χ4v) is 2.03. The number of hydrogen-bond acceptors (Lipinski definition) is 1. The first-order valence-corrected chi connectivity index (χ1v) is 5.88. The smallest absolute Gasteiger partial charge is 0.162 e. The van der Waals surface area contributed by atoms with Gasteiger partial charge in [0.05, 0.1) is 0 Å². The predicted octanol–water partition coefficient (Wildman–Crippen LogP) is 3.52. The molecule has 0 aliphatic heterocycles. The van der Waals surface area contributed by atoms with E-state index in [0.29, 0.717) is 5.56 Å². The molecule has 0 bridgehead atoms. The van der Waals surface area contributed by atoms with Gasteiger partial charge in [-0.15, -0.1) is 0 Å². The van der Waals surface area contributed by atoms with Gasteiger partial charge in [-0.1, -0.05) is 24.3 Å². The average Bonchev–Trinajstić information content (AvgIpc) is 2.35. The first-order valence-electron chi connectivity index (χ1n) is 5.88. The molecule has 4 heteroatoms. The van der Waals surface area contributed by atoms with Crippen molar-refractivity contribution in [3.8, 4) is 0 Å². The van der Waals surface area contributed by atoms with Gasteiger partial charge in [0.15, 0.2) is 11.6 Å². The molecule has 2 aromatic carbocycles. The lowest BCUT2D eigenvalue weighted by Crippen LogP contribution is -2.36. The fraction of sp³-hybridized carbons (Fsp3) is 0.200. The molecule has 1 unspecified atom stereocenters. The van der Waals surface area contributed by atoms with E-state index >= 15 is 0 Å². The van der Waals surface area contributed by atoms with Crippen LogP contribution in [0, 0.1) is 17.5 Å². The van der Waals surface area contributed by atoms with Crippen LogP contribution < -0.4 is 5.73 Å². The van der Waals surface area contributed by atoms with E-state index < -0.39 is 23.0 Å². The third kappa shape index (κ3) is 2.96. The van der Waals surface area contributed by atoms with E-state index in [-0.39, 0.29) is 12.0 Å². The van der Waals surface area contributed by atoms with Crippen LogP contribution in [0.1, 0.15) is 18.1 Å². The maximum atomic E-state index is 13.6. The van der Waals surface area contributed by atoms with Gasteiger partial charge in [0, 0.05) is 5.54 Å². The summed E-state index contributed by atoms with van der Waals surface area (Å²) in [5, 5.41) is 0. The predicted molar refractivity (Wildman–Crippen MR) is 68.0 cm³/mol. The molecule has 1 nitrogen and oxygen atoms in total. The Balaban J connectivity index is 2.33. The molecule has 0 heterocycles. The summed E-state index contributed by atoms with van der Waals surface area (Å²) in [6.45, 7) is 1.66. The van der Waals surface area contributed by atoms with E-state index in [4.69, 9.17) is 5.73 Å². The number of halogens is 3. The van der Waals surface area contributed by atoms with Gasteiger partial charge in [0.2, 0.25) is 0 Å². The molecule has 0 aliphatic carbocycles. The quantitative estimate of drug-likeness (QED) is 0.902.